The molecule has 3 fully saturated rings. The summed E-state index contributed by atoms with van der Waals surface area (Å²) in [5.41, 5.74) is 0. The highest BCUT2D eigenvalue weighted by atomic mass is 17.4. The molecular weight excluding hydrogens is 220 g/mol. The molecule has 1 aliphatic heterocycles. The van der Waals surface area contributed by atoms with Crippen LogP contribution in [0.25, 0.3) is 0 Å². The second-order valence-electron chi connectivity index (χ2n) is 5.63. The molecule has 0 radical (unpaired) electrons. The van der Waals surface area contributed by atoms with Crippen molar-refractivity contribution in [3.05, 3.63) is 0 Å². The minimum absolute atomic E-state index is 0.615. The van der Waals surface area contributed by atoms with Crippen molar-refractivity contribution >= 4 is 0 Å². The topological polar surface area (TPSA) is 36.9 Å². The second kappa shape index (κ2) is 4.84. The van der Waals surface area contributed by atoms with Crippen LogP contribution in [0, 0.1) is 0 Å². The molecule has 0 aromatic heterocycles. The molecule has 0 N–H and O–H groups in total. The quantitative estimate of drug-likeness (QED) is 0.608. The Labute approximate surface area is 102 Å². The highest BCUT2D eigenvalue weighted by Crippen LogP contribution is 2.43. The van der Waals surface area contributed by atoms with Gasteiger partial charge in [0.15, 0.2) is 0 Å². The summed E-state index contributed by atoms with van der Waals surface area (Å²) in [4.78, 5) is 22.5. The SMILES string of the molecule is C1CCCC2(CC1)OOC1(CCCCC1)OO2. The van der Waals surface area contributed by atoms with E-state index in [1.54, 1.807) is 0 Å². The number of rotatable bonds is 0. The van der Waals surface area contributed by atoms with Crippen molar-refractivity contribution in [1.29, 1.82) is 0 Å². The maximum Gasteiger partial charge on any atom is 0.234 e. The van der Waals surface area contributed by atoms with Gasteiger partial charge in [-0.25, -0.2) is 0 Å². The molecule has 0 bridgehead atoms. The number of hydrogen-bond donors (Lipinski definition) is 0. The molecule has 2 spiro atoms. The minimum atomic E-state index is -0.626. The zero-order valence-electron chi connectivity index (χ0n) is 10.4. The largest absolute Gasteiger partial charge is 0.234 e. The van der Waals surface area contributed by atoms with E-state index in [9.17, 15) is 0 Å². The monoisotopic (exact) mass is 242 g/mol. The Morgan fingerprint density at radius 2 is 0.706 bits per heavy atom. The summed E-state index contributed by atoms with van der Waals surface area (Å²) < 4.78 is 0. The van der Waals surface area contributed by atoms with Crippen LogP contribution in [0.3, 0.4) is 0 Å². The van der Waals surface area contributed by atoms with E-state index in [-0.39, 0.29) is 0 Å². The molecule has 0 atom stereocenters. The normalized spacial score (nSPS) is 32.5. The van der Waals surface area contributed by atoms with Gasteiger partial charge in [0.05, 0.1) is 0 Å². The van der Waals surface area contributed by atoms with Crippen molar-refractivity contribution in [2.75, 3.05) is 0 Å². The van der Waals surface area contributed by atoms with Gasteiger partial charge in [0.25, 0.3) is 0 Å². The molecule has 4 nitrogen and oxygen atoms in total. The van der Waals surface area contributed by atoms with E-state index >= 15 is 0 Å². The second-order valence-corrected chi connectivity index (χ2v) is 5.63. The first kappa shape index (κ1) is 11.9. The van der Waals surface area contributed by atoms with Gasteiger partial charge in [0.1, 0.15) is 0 Å². The van der Waals surface area contributed by atoms with E-state index in [1.807, 2.05) is 0 Å². The molecule has 3 rings (SSSR count). The Balaban J connectivity index is 1.61. The fraction of sp³-hybridized carbons (Fsp3) is 1.00. The van der Waals surface area contributed by atoms with Gasteiger partial charge in [-0.3, -0.25) is 0 Å². The Hall–Kier alpha value is -0.160. The lowest BCUT2D eigenvalue weighted by Crippen LogP contribution is -2.51. The third-order valence-corrected chi connectivity index (χ3v) is 4.17. The van der Waals surface area contributed by atoms with Gasteiger partial charge >= 0.3 is 0 Å². The van der Waals surface area contributed by atoms with Crippen LogP contribution in [0.5, 0.6) is 0 Å². The van der Waals surface area contributed by atoms with E-state index < -0.39 is 11.6 Å². The summed E-state index contributed by atoms with van der Waals surface area (Å²) in [6.07, 6.45) is 11.8. The first-order chi connectivity index (χ1) is 8.33. The van der Waals surface area contributed by atoms with E-state index in [0.717, 1.165) is 51.4 Å². The van der Waals surface area contributed by atoms with E-state index in [0.29, 0.717) is 0 Å². The highest BCUT2D eigenvalue weighted by molar-refractivity contribution is 4.78. The molecule has 98 valence electrons. The van der Waals surface area contributed by atoms with Crippen LogP contribution in [0.1, 0.15) is 70.6 Å². The minimum Gasteiger partial charge on any atom is -0.195 e. The van der Waals surface area contributed by atoms with Crippen molar-refractivity contribution in [2.45, 2.75) is 82.2 Å². The van der Waals surface area contributed by atoms with Crippen molar-refractivity contribution in [3.8, 4) is 0 Å². The van der Waals surface area contributed by atoms with E-state index in [2.05, 4.69) is 0 Å². The van der Waals surface area contributed by atoms with Gasteiger partial charge in [0, 0.05) is 25.7 Å². The predicted octanol–water partition coefficient (Wildman–Crippen LogP) is 3.61. The summed E-state index contributed by atoms with van der Waals surface area (Å²) >= 11 is 0. The van der Waals surface area contributed by atoms with E-state index in [4.69, 9.17) is 19.6 Å². The maximum absolute atomic E-state index is 5.63. The van der Waals surface area contributed by atoms with Gasteiger partial charge in [-0.2, -0.15) is 19.6 Å². The van der Waals surface area contributed by atoms with Crippen LogP contribution < -0.4 is 0 Å². The molecule has 0 amide bonds. The molecule has 0 aromatic rings. The predicted molar refractivity (Wildman–Crippen MR) is 60.6 cm³/mol. The van der Waals surface area contributed by atoms with Crippen LogP contribution >= 0.6 is 0 Å². The molecule has 1 saturated heterocycles. The van der Waals surface area contributed by atoms with Crippen LogP contribution in [0.2, 0.25) is 0 Å². The fourth-order valence-corrected chi connectivity index (χ4v) is 3.02. The summed E-state index contributed by atoms with van der Waals surface area (Å²) in [5, 5.41) is 0. The Kier molecular flexibility index (Phi) is 3.39. The molecular formula is C13H22O4. The molecule has 4 heteroatoms. The summed E-state index contributed by atoms with van der Waals surface area (Å²) in [6, 6.07) is 0. The van der Waals surface area contributed by atoms with Gasteiger partial charge < -0.3 is 0 Å². The van der Waals surface area contributed by atoms with Crippen molar-refractivity contribution in [1.82, 2.24) is 0 Å². The Morgan fingerprint density at radius 3 is 1.06 bits per heavy atom. The summed E-state index contributed by atoms with van der Waals surface area (Å²) in [7, 11) is 0. The maximum atomic E-state index is 5.63. The summed E-state index contributed by atoms with van der Waals surface area (Å²) in [5.74, 6) is -1.24. The Morgan fingerprint density at radius 1 is 0.412 bits per heavy atom. The van der Waals surface area contributed by atoms with Crippen LogP contribution in [0.15, 0.2) is 0 Å². The van der Waals surface area contributed by atoms with E-state index in [1.165, 1.54) is 19.3 Å². The Bertz CT molecular complexity index is 240. The van der Waals surface area contributed by atoms with Crippen molar-refractivity contribution < 1.29 is 19.6 Å². The summed E-state index contributed by atoms with van der Waals surface area (Å²) in [6.45, 7) is 0. The molecule has 3 aliphatic rings. The smallest absolute Gasteiger partial charge is 0.195 e. The molecule has 2 saturated carbocycles. The first-order valence-corrected chi connectivity index (χ1v) is 7.06. The van der Waals surface area contributed by atoms with Gasteiger partial charge in [-0.05, 0) is 25.7 Å². The van der Waals surface area contributed by atoms with Crippen LogP contribution in [-0.4, -0.2) is 11.6 Å². The lowest BCUT2D eigenvalue weighted by Gasteiger charge is -2.44. The van der Waals surface area contributed by atoms with Gasteiger partial charge in [0.2, 0.25) is 11.6 Å². The molecule has 17 heavy (non-hydrogen) atoms. The van der Waals surface area contributed by atoms with Crippen LogP contribution in [0.4, 0.5) is 0 Å². The zero-order chi connectivity index (χ0) is 11.6. The molecule has 0 unspecified atom stereocenters. The zero-order valence-corrected chi connectivity index (χ0v) is 10.4. The highest BCUT2D eigenvalue weighted by Gasteiger charge is 2.49. The first-order valence-electron chi connectivity index (χ1n) is 7.06. The van der Waals surface area contributed by atoms with Crippen molar-refractivity contribution in [3.63, 3.8) is 0 Å². The number of hydrogen-bond acceptors (Lipinski definition) is 4. The lowest BCUT2D eigenvalue weighted by molar-refractivity contribution is -0.661. The average molecular weight is 242 g/mol. The standard InChI is InChI=1S/C13H22O4/c1-2-5-9-12(8-4-1)14-16-13(17-15-12)10-6-3-7-11-13/h1-11H2. The molecule has 0 aromatic carbocycles. The lowest BCUT2D eigenvalue weighted by atomic mass is 9.94. The molecule has 2 aliphatic carbocycles. The van der Waals surface area contributed by atoms with Gasteiger partial charge in [-0.15, -0.1) is 0 Å². The molecule has 1 heterocycles. The fourth-order valence-electron chi connectivity index (χ4n) is 3.02. The van der Waals surface area contributed by atoms with Crippen LogP contribution in [-0.2, 0) is 19.6 Å². The average Bonchev–Trinajstić information content (AvgIpc) is 2.61. The third-order valence-electron chi connectivity index (χ3n) is 4.17. The van der Waals surface area contributed by atoms with Crippen molar-refractivity contribution in [2.24, 2.45) is 0 Å². The third kappa shape index (κ3) is 2.50. The van der Waals surface area contributed by atoms with Gasteiger partial charge in [-0.1, -0.05) is 19.3 Å².